The largest absolute Gasteiger partial charge is 0.329 e. The average molecular weight is 426 g/mol. The van der Waals surface area contributed by atoms with E-state index in [1.165, 1.54) is 29.2 Å². The summed E-state index contributed by atoms with van der Waals surface area (Å²) in [6, 6.07) is 13.1. The molecule has 1 saturated heterocycles. The molecule has 0 radical (unpaired) electrons. The van der Waals surface area contributed by atoms with Gasteiger partial charge in [0.15, 0.2) is 5.69 Å². The lowest BCUT2D eigenvalue weighted by atomic mass is 9.72. The number of halogens is 3. The number of hydrogen-bond donors (Lipinski definition) is 2. The number of fused-ring (bicyclic) bond motifs is 2. The van der Waals surface area contributed by atoms with Crippen LogP contribution in [-0.2, 0) is 10.2 Å². The fourth-order valence-corrected chi connectivity index (χ4v) is 4.72. The van der Waals surface area contributed by atoms with E-state index in [-0.39, 0.29) is 18.1 Å². The van der Waals surface area contributed by atoms with E-state index >= 15 is 0 Å². The van der Waals surface area contributed by atoms with Crippen molar-refractivity contribution < 1.29 is 22.8 Å². The highest BCUT2D eigenvalue weighted by atomic mass is 19.3. The molecule has 158 valence electrons. The van der Waals surface area contributed by atoms with Crippen molar-refractivity contribution in [2.75, 3.05) is 11.9 Å². The van der Waals surface area contributed by atoms with E-state index in [0.29, 0.717) is 17.7 Å². The highest BCUT2D eigenvalue weighted by molar-refractivity contribution is 6.08. The molecule has 2 aliphatic heterocycles. The summed E-state index contributed by atoms with van der Waals surface area (Å²) >= 11 is 0. The van der Waals surface area contributed by atoms with E-state index < -0.39 is 35.3 Å². The summed E-state index contributed by atoms with van der Waals surface area (Å²) in [4.78, 5) is 28.0. The summed E-state index contributed by atoms with van der Waals surface area (Å²) in [5, 5.41) is 8.81. The number of benzene rings is 2. The number of carbonyl (C=O) groups excluding carboxylic acids is 2. The molecule has 2 aliphatic rings. The fourth-order valence-electron chi connectivity index (χ4n) is 4.72. The second kappa shape index (κ2) is 6.97. The predicted octanol–water partition coefficient (Wildman–Crippen LogP) is 3.96. The number of rotatable bonds is 3. The molecular weight excluding hydrogens is 409 g/mol. The Morgan fingerprint density at radius 2 is 1.90 bits per heavy atom. The summed E-state index contributed by atoms with van der Waals surface area (Å²) in [6.07, 6.45) is -2.46. The molecule has 1 spiro atoms. The van der Waals surface area contributed by atoms with Gasteiger partial charge in [0.1, 0.15) is 16.9 Å². The first-order chi connectivity index (χ1) is 14.9. The molecule has 2 atom stereocenters. The second-order valence-corrected chi connectivity index (χ2v) is 7.68. The number of para-hydroxylation sites is 1. The molecule has 3 aromatic rings. The Morgan fingerprint density at radius 1 is 1.16 bits per heavy atom. The lowest BCUT2D eigenvalue weighted by Crippen LogP contribution is -2.42. The lowest BCUT2D eigenvalue weighted by molar-refractivity contribution is -0.121. The molecule has 6 nitrogen and oxygen atoms in total. The fraction of sp³-hybridized carbons (Fsp3) is 0.227. The van der Waals surface area contributed by atoms with Crippen molar-refractivity contribution in [2.45, 2.75) is 24.3 Å². The number of aromatic nitrogens is 2. The Hall–Kier alpha value is -3.62. The first-order valence-corrected chi connectivity index (χ1v) is 9.72. The highest BCUT2D eigenvalue weighted by Crippen LogP contribution is 2.54. The molecule has 31 heavy (non-hydrogen) atoms. The minimum atomic E-state index is -2.79. The summed E-state index contributed by atoms with van der Waals surface area (Å²) in [5.74, 6) is -1.28. The topological polar surface area (TPSA) is 78.1 Å². The number of aromatic amines is 1. The SMILES string of the molecule is O=C(c1cc(C(F)F)[nH]n1)N1CCC2(C(=O)Nc3ccccc32)C1c1ccc(F)cc1. The average Bonchev–Trinajstić information content (AvgIpc) is 3.46. The van der Waals surface area contributed by atoms with E-state index in [0.717, 1.165) is 11.6 Å². The third-order valence-corrected chi connectivity index (χ3v) is 6.09. The summed E-state index contributed by atoms with van der Waals surface area (Å²) < 4.78 is 39.6. The van der Waals surface area contributed by atoms with Gasteiger partial charge in [0.2, 0.25) is 5.91 Å². The van der Waals surface area contributed by atoms with Crippen molar-refractivity contribution in [3.05, 3.63) is 82.9 Å². The highest BCUT2D eigenvalue weighted by Gasteiger charge is 2.59. The minimum Gasteiger partial charge on any atom is -0.329 e. The van der Waals surface area contributed by atoms with Gasteiger partial charge in [-0.2, -0.15) is 5.10 Å². The van der Waals surface area contributed by atoms with Gasteiger partial charge in [-0.1, -0.05) is 30.3 Å². The molecule has 5 rings (SSSR count). The number of H-pyrrole nitrogens is 1. The van der Waals surface area contributed by atoms with Gasteiger partial charge in [0.05, 0.1) is 6.04 Å². The Labute approximate surface area is 175 Å². The smallest absolute Gasteiger partial charge is 0.279 e. The molecule has 0 bridgehead atoms. The van der Waals surface area contributed by atoms with Crippen molar-refractivity contribution in [3.63, 3.8) is 0 Å². The normalized spacial score (nSPS) is 22.3. The number of nitrogens with one attached hydrogen (secondary N) is 2. The van der Waals surface area contributed by atoms with Crippen LogP contribution in [0.5, 0.6) is 0 Å². The standard InChI is InChI=1S/C22H17F3N4O2/c23-13-7-5-12(6-8-13)18-22(14-3-1-2-4-15(14)26-21(22)31)9-10-29(18)20(30)17-11-16(19(24)25)27-28-17/h1-8,11,18-19H,9-10H2,(H,26,31)(H,27,28). The first-order valence-electron chi connectivity index (χ1n) is 9.72. The zero-order valence-corrected chi connectivity index (χ0v) is 16.1. The maximum atomic E-state index is 13.6. The number of hydrogen-bond acceptors (Lipinski definition) is 3. The number of amides is 2. The van der Waals surface area contributed by atoms with Crippen molar-refractivity contribution >= 4 is 17.5 Å². The summed E-state index contributed by atoms with van der Waals surface area (Å²) in [6.45, 7) is 0.208. The Kier molecular flexibility index (Phi) is 4.35. The van der Waals surface area contributed by atoms with Gasteiger partial charge in [0, 0.05) is 12.2 Å². The van der Waals surface area contributed by atoms with E-state index in [9.17, 15) is 22.8 Å². The number of nitrogens with zero attached hydrogens (tertiary/aromatic N) is 2. The van der Waals surface area contributed by atoms with Crippen molar-refractivity contribution in [2.24, 2.45) is 0 Å². The van der Waals surface area contributed by atoms with Crippen LogP contribution < -0.4 is 5.32 Å². The van der Waals surface area contributed by atoms with Crippen LogP contribution in [0.25, 0.3) is 0 Å². The van der Waals surface area contributed by atoms with Gasteiger partial charge in [-0.25, -0.2) is 13.2 Å². The Bertz CT molecular complexity index is 1180. The van der Waals surface area contributed by atoms with Crippen LogP contribution in [0.15, 0.2) is 54.6 Å². The third kappa shape index (κ3) is 2.83. The number of carbonyl (C=O) groups is 2. The zero-order chi connectivity index (χ0) is 21.8. The van der Waals surface area contributed by atoms with Crippen LogP contribution in [0, 0.1) is 5.82 Å². The number of alkyl halides is 2. The van der Waals surface area contributed by atoms with E-state index in [1.807, 2.05) is 12.1 Å². The molecule has 3 heterocycles. The maximum absolute atomic E-state index is 13.6. The maximum Gasteiger partial charge on any atom is 0.279 e. The van der Waals surface area contributed by atoms with Crippen LogP contribution >= 0.6 is 0 Å². The second-order valence-electron chi connectivity index (χ2n) is 7.68. The molecule has 0 saturated carbocycles. The van der Waals surface area contributed by atoms with Crippen molar-refractivity contribution in [1.82, 2.24) is 15.1 Å². The molecule has 1 fully saturated rings. The van der Waals surface area contributed by atoms with E-state index in [1.54, 1.807) is 12.1 Å². The van der Waals surface area contributed by atoms with E-state index in [2.05, 4.69) is 15.5 Å². The van der Waals surface area contributed by atoms with Crippen LogP contribution in [0.2, 0.25) is 0 Å². The number of anilines is 1. The molecule has 0 aliphatic carbocycles. The first kappa shape index (κ1) is 19.3. The Balaban J connectivity index is 1.63. The number of likely N-dealkylation sites (tertiary alicyclic amines) is 1. The monoisotopic (exact) mass is 426 g/mol. The van der Waals surface area contributed by atoms with Crippen LogP contribution in [-0.4, -0.2) is 33.5 Å². The quantitative estimate of drug-likeness (QED) is 0.666. The molecule has 2 aromatic carbocycles. The van der Waals surface area contributed by atoms with Gasteiger partial charge >= 0.3 is 0 Å². The predicted molar refractivity (Wildman–Crippen MR) is 105 cm³/mol. The molecule has 9 heteroatoms. The lowest BCUT2D eigenvalue weighted by Gasteiger charge is -2.34. The van der Waals surface area contributed by atoms with Gasteiger partial charge in [-0.15, -0.1) is 0 Å². The summed E-state index contributed by atoms with van der Waals surface area (Å²) in [5.41, 5.74) is 0.286. The van der Waals surface area contributed by atoms with Crippen LogP contribution in [0.4, 0.5) is 18.9 Å². The van der Waals surface area contributed by atoms with Crippen LogP contribution in [0.3, 0.4) is 0 Å². The zero-order valence-electron chi connectivity index (χ0n) is 16.1. The molecular formula is C22H17F3N4O2. The Morgan fingerprint density at radius 3 is 2.61 bits per heavy atom. The van der Waals surface area contributed by atoms with E-state index in [4.69, 9.17) is 0 Å². The van der Waals surface area contributed by atoms with Gasteiger partial charge in [-0.05, 0) is 41.8 Å². The van der Waals surface area contributed by atoms with Crippen LogP contribution in [0.1, 0.15) is 46.2 Å². The third-order valence-electron chi connectivity index (χ3n) is 6.09. The molecule has 2 N–H and O–H groups in total. The molecule has 2 unspecified atom stereocenters. The van der Waals surface area contributed by atoms with Gasteiger partial charge in [0.25, 0.3) is 12.3 Å². The summed E-state index contributed by atoms with van der Waals surface area (Å²) in [7, 11) is 0. The molecule has 2 amide bonds. The van der Waals surface area contributed by atoms with Crippen molar-refractivity contribution in [3.8, 4) is 0 Å². The molecule has 1 aromatic heterocycles. The minimum absolute atomic E-state index is 0.161. The van der Waals surface area contributed by atoms with Gasteiger partial charge < -0.3 is 10.2 Å². The van der Waals surface area contributed by atoms with Gasteiger partial charge in [-0.3, -0.25) is 14.7 Å². The van der Waals surface area contributed by atoms with Crippen molar-refractivity contribution in [1.29, 1.82) is 0 Å².